The number of amides is 1. The third-order valence-electron chi connectivity index (χ3n) is 4.79. The Balaban J connectivity index is 1.48. The summed E-state index contributed by atoms with van der Waals surface area (Å²) in [5.41, 5.74) is 3.86. The van der Waals surface area contributed by atoms with Crippen molar-refractivity contribution in [2.75, 3.05) is 10.6 Å². The monoisotopic (exact) mass is 438 g/mol. The first kappa shape index (κ1) is 22.0. The van der Waals surface area contributed by atoms with Crippen molar-refractivity contribution in [1.82, 2.24) is 9.97 Å². The summed E-state index contributed by atoms with van der Waals surface area (Å²) in [5, 5.41) is 6.21. The van der Waals surface area contributed by atoms with Crippen LogP contribution in [0, 0.1) is 6.92 Å². The SMILES string of the molecule is Cc1nc(Nc2cccc(C(=O)Nc3ccc(OC(C)C)cc3)c2)cc(-c2ccccc2)n1. The molecule has 0 spiro atoms. The van der Waals surface area contributed by atoms with Gasteiger partial charge in [-0.15, -0.1) is 0 Å². The molecule has 0 aliphatic heterocycles. The lowest BCUT2D eigenvalue weighted by Gasteiger charge is -2.12. The number of carbonyl (C=O) groups excluding carboxylic acids is 1. The van der Waals surface area contributed by atoms with Crippen molar-refractivity contribution in [2.45, 2.75) is 26.9 Å². The van der Waals surface area contributed by atoms with Crippen molar-refractivity contribution in [3.63, 3.8) is 0 Å². The van der Waals surface area contributed by atoms with E-state index in [1.54, 1.807) is 12.1 Å². The van der Waals surface area contributed by atoms with Crippen molar-refractivity contribution in [1.29, 1.82) is 0 Å². The summed E-state index contributed by atoms with van der Waals surface area (Å²) in [6.07, 6.45) is 0.100. The van der Waals surface area contributed by atoms with Gasteiger partial charge >= 0.3 is 0 Å². The molecule has 4 aromatic rings. The number of hydrogen-bond donors (Lipinski definition) is 2. The Labute approximate surface area is 193 Å². The van der Waals surface area contributed by atoms with Gasteiger partial charge in [-0.1, -0.05) is 36.4 Å². The van der Waals surface area contributed by atoms with E-state index in [2.05, 4.69) is 20.6 Å². The van der Waals surface area contributed by atoms with Crippen LogP contribution in [0.25, 0.3) is 11.3 Å². The first-order valence-corrected chi connectivity index (χ1v) is 10.8. The average Bonchev–Trinajstić information content (AvgIpc) is 2.80. The van der Waals surface area contributed by atoms with Gasteiger partial charge in [0.15, 0.2) is 0 Å². The van der Waals surface area contributed by atoms with Crippen LogP contribution in [-0.4, -0.2) is 22.0 Å². The van der Waals surface area contributed by atoms with Crippen molar-refractivity contribution in [3.8, 4) is 17.0 Å². The molecule has 0 saturated heterocycles. The zero-order chi connectivity index (χ0) is 23.2. The highest BCUT2D eigenvalue weighted by Gasteiger charge is 2.09. The van der Waals surface area contributed by atoms with Crippen LogP contribution in [-0.2, 0) is 0 Å². The van der Waals surface area contributed by atoms with Crippen LogP contribution in [0.15, 0.2) is 84.9 Å². The van der Waals surface area contributed by atoms with Crippen molar-refractivity contribution in [2.24, 2.45) is 0 Å². The van der Waals surface area contributed by atoms with Crippen LogP contribution < -0.4 is 15.4 Å². The number of carbonyl (C=O) groups is 1. The molecule has 0 radical (unpaired) electrons. The molecule has 6 heteroatoms. The van der Waals surface area contributed by atoms with Gasteiger partial charge in [-0.05, 0) is 63.2 Å². The Morgan fingerprint density at radius 1 is 0.848 bits per heavy atom. The Kier molecular flexibility index (Phi) is 6.64. The van der Waals surface area contributed by atoms with Crippen molar-refractivity contribution in [3.05, 3.63) is 96.3 Å². The topological polar surface area (TPSA) is 76.1 Å². The molecule has 2 N–H and O–H groups in total. The summed E-state index contributed by atoms with van der Waals surface area (Å²) < 4.78 is 5.64. The molecule has 0 aliphatic carbocycles. The minimum atomic E-state index is -0.194. The number of rotatable bonds is 7. The lowest BCUT2D eigenvalue weighted by atomic mass is 10.1. The summed E-state index contributed by atoms with van der Waals surface area (Å²) in [5.74, 6) is 1.90. The van der Waals surface area contributed by atoms with E-state index in [1.807, 2.05) is 93.6 Å². The van der Waals surface area contributed by atoms with Crippen molar-refractivity contribution < 1.29 is 9.53 Å². The summed E-state index contributed by atoms with van der Waals surface area (Å²) in [6, 6.07) is 26.5. The van der Waals surface area contributed by atoms with E-state index in [-0.39, 0.29) is 12.0 Å². The standard InChI is InChI=1S/C27H26N4O2/c1-18(2)33-24-14-12-22(13-15-24)31-27(32)21-10-7-11-23(16-21)30-26-17-25(28-19(3)29-26)20-8-5-4-6-9-20/h4-18H,1-3H3,(H,31,32)(H,28,29,30). The highest BCUT2D eigenvalue weighted by atomic mass is 16.5. The second kappa shape index (κ2) is 9.96. The molecule has 33 heavy (non-hydrogen) atoms. The van der Waals surface area contributed by atoms with E-state index >= 15 is 0 Å². The van der Waals surface area contributed by atoms with Crippen LogP contribution in [0.5, 0.6) is 5.75 Å². The molecular weight excluding hydrogens is 412 g/mol. The number of nitrogens with one attached hydrogen (secondary N) is 2. The van der Waals surface area contributed by atoms with Crippen LogP contribution >= 0.6 is 0 Å². The van der Waals surface area contributed by atoms with Crippen molar-refractivity contribution >= 4 is 23.1 Å². The normalized spacial score (nSPS) is 10.7. The minimum Gasteiger partial charge on any atom is -0.491 e. The smallest absolute Gasteiger partial charge is 0.255 e. The fourth-order valence-electron chi connectivity index (χ4n) is 3.37. The zero-order valence-corrected chi connectivity index (χ0v) is 18.9. The van der Waals surface area contributed by atoms with E-state index < -0.39 is 0 Å². The first-order valence-electron chi connectivity index (χ1n) is 10.8. The molecule has 0 bridgehead atoms. The lowest BCUT2D eigenvalue weighted by molar-refractivity contribution is 0.102. The molecule has 6 nitrogen and oxygen atoms in total. The summed E-state index contributed by atoms with van der Waals surface area (Å²) >= 11 is 0. The molecule has 4 rings (SSSR count). The largest absolute Gasteiger partial charge is 0.491 e. The Bertz CT molecular complexity index is 1240. The molecule has 166 valence electrons. The van der Waals surface area contributed by atoms with Gasteiger partial charge in [0.25, 0.3) is 5.91 Å². The molecule has 1 heterocycles. The number of aryl methyl sites for hydroxylation is 1. The predicted molar refractivity (Wildman–Crippen MR) is 132 cm³/mol. The quantitative estimate of drug-likeness (QED) is 0.357. The number of benzene rings is 3. The maximum absolute atomic E-state index is 12.8. The fraction of sp³-hybridized carbons (Fsp3) is 0.148. The summed E-state index contributed by atoms with van der Waals surface area (Å²) in [6.45, 7) is 5.81. The molecule has 3 aromatic carbocycles. The highest BCUT2D eigenvalue weighted by Crippen LogP contribution is 2.23. The second-order valence-electron chi connectivity index (χ2n) is 7.90. The van der Waals surface area contributed by atoms with Gasteiger partial charge in [-0.3, -0.25) is 4.79 Å². The number of hydrogen-bond acceptors (Lipinski definition) is 5. The molecule has 0 fully saturated rings. The number of nitrogens with zero attached hydrogens (tertiary/aromatic N) is 2. The predicted octanol–water partition coefficient (Wildman–Crippen LogP) is 6.24. The van der Waals surface area contributed by atoms with E-state index in [0.717, 1.165) is 22.7 Å². The first-order chi connectivity index (χ1) is 16.0. The molecule has 1 amide bonds. The van der Waals surface area contributed by atoms with Gasteiger partial charge in [0.1, 0.15) is 17.4 Å². The third-order valence-corrected chi connectivity index (χ3v) is 4.79. The van der Waals surface area contributed by atoms with Crippen LogP contribution in [0.2, 0.25) is 0 Å². The van der Waals surface area contributed by atoms with Gasteiger partial charge in [-0.25, -0.2) is 9.97 Å². The Morgan fingerprint density at radius 2 is 1.61 bits per heavy atom. The summed E-state index contributed by atoms with van der Waals surface area (Å²) in [7, 11) is 0. The van der Waals surface area contributed by atoms with E-state index in [4.69, 9.17) is 4.74 Å². The molecule has 0 atom stereocenters. The Morgan fingerprint density at radius 3 is 2.33 bits per heavy atom. The van der Waals surface area contributed by atoms with Gasteiger partial charge in [0.2, 0.25) is 0 Å². The van der Waals surface area contributed by atoms with Crippen LogP contribution in [0.1, 0.15) is 30.0 Å². The van der Waals surface area contributed by atoms with E-state index in [1.165, 1.54) is 0 Å². The molecule has 0 aliphatic rings. The number of aromatic nitrogens is 2. The average molecular weight is 439 g/mol. The van der Waals surface area contributed by atoms with Gasteiger partial charge in [0, 0.05) is 28.6 Å². The molecule has 1 aromatic heterocycles. The number of anilines is 3. The minimum absolute atomic E-state index is 0.100. The van der Waals surface area contributed by atoms with Crippen LogP contribution in [0.3, 0.4) is 0 Å². The molecule has 0 saturated carbocycles. The zero-order valence-electron chi connectivity index (χ0n) is 18.9. The highest BCUT2D eigenvalue weighted by molar-refractivity contribution is 6.04. The maximum Gasteiger partial charge on any atom is 0.255 e. The van der Waals surface area contributed by atoms with Gasteiger partial charge in [0.05, 0.1) is 11.8 Å². The van der Waals surface area contributed by atoms with E-state index in [0.29, 0.717) is 22.9 Å². The fourth-order valence-corrected chi connectivity index (χ4v) is 3.37. The van der Waals surface area contributed by atoms with Gasteiger partial charge < -0.3 is 15.4 Å². The lowest BCUT2D eigenvalue weighted by Crippen LogP contribution is -2.12. The third kappa shape index (κ3) is 5.95. The van der Waals surface area contributed by atoms with Gasteiger partial charge in [-0.2, -0.15) is 0 Å². The molecular formula is C27H26N4O2. The second-order valence-corrected chi connectivity index (χ2v) is 7.90. The number of ether oxygens (including phenoxy) is 1. The Hall–Kier alpha value is -4.19. The van der Waals surface area contributed by atoms with Crippen LogP contribution in [0.4, 0.5) is 17.2 Å². The molecule has 0 unspecified atom stereocenters. The van der Waals surface area contributed by atoms with E-state index in [9.17, 15) is 4.79 Å². The summed E-state index contributed by atoms with van der Waals surface area (Å²) in [4.78, 5) is 21.8. The maximum atomic E-state index is 12.8.